The summed E-state index contributed by atoms with van der Waals surface area (Å²) in [6.45, 7) is 2.16. The number of hydrogen-bond donors (Lipinski definition) is 0. The second-order valence-electron chi connectivity index (χ2n) is 4.77. The van der Waals surface area contributed by atoms with E-state index in [1.54, 1.807) is 11.3 Å². The largest absolute Gasteiger partial charge is 0.143 e. The average molecular weight is 323 g/mol. The molecule has 2 aromatic rings. The van der Waals surface area contributed by atoms with Crippen LogP contribution in [0.4, 0.5) is 0 Å². The summed E-state index contributed by atoms with van der Waals surface area (Å²) >= 11 is 5.41. The van der Waals surface area contributed by atoms with Gasteiger partial charge in [0, 0.05) is 5.41 Å². The van der Waals surface area contributed by atoms with Gasteiger partial charge in [0.15, 0.2) is 0 Å². The van der Waals surface area contributed by atoms with E-state index >= 15 is 0 Å². The molecule has 0 aliphatic heterocycles. The van der Waals surface area contributed by atoms with Gasteiger partial charge in [0.2, 0.25) is 0 Å². The number of alkyl halides is 1. The third-order valence-electron chi connectivity index (χ3n) is 3.55. The van der Waals surface area contributed by atoms with Crippen LogP contribution in [0.2, 0.25) is 0 Å². The van der Waals surface area contributed by atoms with E-state index < -0.39 is 0 Å². The Balaban J connectivity index is 1.93. The Morgan fingerprint density at radius 3 is 2.61 bits per heavy atom. The first-order chi connectivity index (χ1) is 8.76. The van der Waals surface area contributed by atoms with Gasteiger partial charge >= 0.3 is 0 Å². The number of nitrogens with zero attached hydrogens (tertiary/aromatic N) is 2. The Labute approximate surface area is 120 Å². The van der Waals surface area contributed by atoms with Gasteiger partial charge in [-0.3, -0.25) is 0 Å². The molecule has 2 nitrogen and oxygen atoms in total. The van der Waals surface area contributed by atoms with Gasteiger partial charge in [-0.05, 0) is 24.8 Å². The molecule has 18 heavy (non-hydrogen) atoms. The van der Waals surface area contributed by atoms with E-state index in [9.17, 15) is 0 Å². The zero-order chi connectivity index (χ0) is 12.6. The van der Waals surface area contributed by atoms with Crippen LogP contribution < -0.4 is 0 Å². The first-order valence-electron chi connectivity index (χ1n) is 6.30. The van der Waals surface area contributed by atoms with Gasteiger partial charge in [-0.2, -0.15) is 0 Å². The highest BCUT2D eigenvalue weighted by molar-refractivity contribution is 9.09. The summed E-state index contributed by atoms with van der Waals surface area (Å²) in [4.78, 5) is 0.343. The van der Waals surface area contributed by atoms with Crippen molar-refractivity contribution < 1.29 is 0 Å². The zero-order valence-corrected chi connectivity index (χ0v) is 12.7. The van der Waals surface area contributed by atoms with Crippen molar-refractivity contribution in [2.45, 2.75) is 36.4 Å². The maximum absolute atomic E-state index is 4.43. The minimum absolute atomic E-state index is 0.164. The van der Waals surface area contributed by atoms with Gasteiger partial charge in [0.05, 0.1) is 4.83 Å². The van der Waals surface area contributed by atoms with Gasteiger partial charge in [-0.25, -0.2) is 0 Å². The predicted molar refractivity (Wildman–Crippen MR) is 78.3 cm³/mol. The predicted octanol–water partition coefficient (Wildman–Crippen LogP) is 4.46. The Kier molecular flexibility index (Phi) is 3.24. The van der Waals surface area contributed by atoms with Crippen molar-refractivity contribution in [3.8, 4) is 0 Å². The van der Waals surface area contributed by atoms with E-state index in [0.29, 0.717) is 4.83 Å². The fourth-order valence-electron chi connectivity index (χ4n) is 2.24. The Bertz CT molecular complexity index is 534. The Hall–Kier alpha value is -0.740. The molecule has 4 heteroatoms. The van der Waals surface area contributed by atoms with Crippen molar-refractivity contribution in [2.24, 2.45) is 0 Å². The second kappa shape index (κ2) is 4.74. The molecule has 1 heterocycles. The lowest BCUT2D eigenvalue weighted by Crippen LogP contribution is -2.07. The maximum atomic E-state index is 4.43. The van der Waals surface area contributed by atoms with Gasteiger partial charge < -0.3 is 0 Å². The second-order valence-corrected chi connectivity index (χ2v) is 6.88. The molecular formula is C14H15BrN2S. The van der Waals surface area contributed by atoms with Crippen LogP contribution >= 0.6 is 27.3 Å². The summed E-state index contributed by atoms with van der Waals surface area (Å²) in [6, 6.07) is 10.7. The van der Waals surface area contributed by atoms with E-state index in [4.69, 9.17) is 0 Å². The van der Waals surface area contributed by atoms with Crippen molar-refractivity contribution in [3.63, 3.8) is 0 Å². The molecule has 0 saturated heterocycles. The van der Waals surface area contributed by atoms with E-state index in [0.717, 1.165) is 11.4 Å². The smallest absolute Gasteiger partial charge is 0.131 e. The fraction of sp³-hybridized carbons (Fsp3) is 0.429. The van der Waals surface area contributed by atoms with Crippen LogP contribution in [0.5, 0.6) is 0 Å². The fourth-order valence-corrected chi connectivity index (χ4v) is 3.78. The van der Waals surface area contributed by atoms with E-state index in [1.807, 2.05) is 0 Å². The third-order valence-corrected chi connectivity index (χ3v) is 6.18. The Morgan fingerprint density at radius 2 is 2.00 bits per heavy atom. The lowest BCUT2D eigenvalue weighted by molar-refractivity contribution is 0.794. The minimum Gasteiger partial charge on any atom is -0.143 e. The van der Waals surface area contributed by atoms with Crippen LogP contribution in [-0.2, 0) is 5.41 Å². The maximum Gasteiger partial charge on any atom is 0.131 e. The quantitative estimate of drug-likeness (QED) is 0.776. The minimum atomic E-state index is 0.164. The summed E-state index contributed by atoms with van der Waals surface area (Å²) in [6.07, 6.45) is 3.45. The van der Waals surface area contributed by atoms with Crippen molar-refractivity contribution in [1.82, 2.24) is 10.2 Å². The first kappa shape index (κ1) is 12.3. The molecule has 1 atom stereocenters. The molecule has 1 aliphatic carbocycles. The number of aromatic nitrogens is 2. The number of rotatable bonds is 4. The summed E-state index contributed by atoms with van der Waals surface area (Å²) in [7, 11) is 0. The first-order valence-corrected chi connectivity index (χ1v) is 8.03. The van der Waals surface area contributed by atoms with Crippen LogP contribution in [0.15, 0.2) is 30.3 Å². The summed E-state index contributed by atoms with van der Waals surface area (Å²) in [5.74, 6) is 0. The monoisotopic (exact) mass is 322 g/mol. The normalized spacial score (nSPS) is 18.6. The molecule has 0 spiro atoms. The van der Waals surface area contributed by atoms with Gasteiger partial charge in [0.25, 0.3) is 0 Å². The molecule has 0 bridgehead atoms. The van der Waals surface area contributed by atoms with Crippen molar-refractivity contribution in [1.29, 1.82) is 0 Å². The molecule has 3 rings (SSSR count). The SMILES string of the molecule is CCC(Br)c1nnc(C2(c3ccccc3)CC2)s1. The van der Waals surface area contributed by atoms with Crippen molar-refractivity contribution >= 4 is 27.3 Å². The molecule has 1 aliphatic rings. The van der Waals surface area contributed by atoms with E-state index in [-0.39, 0.29) is 5.41 Å². The van der Waals surface area contributed by atoms with Crippen LogP contribution in [0.3, 0.4) is 0 Å². The third kappa shape index (κ3) is 2.01. The van der Waals surface area contributed by atoms with Crippen LogP contribution in [-0.4, -0.2) is 10.2 Å². The molecule has 0 amide bonds. The molecule has 94 valence electrons. The standard InChI is InChI=1S/C14H15BrN2S/c1-2-11(15)12-16-17-13(18-12)14(8-9-14)10-6-4-3-5-7-10/h3-7,11H,2,8-9H2,1H3. The topological polar surface area (TPSA) is 25.8 Å². The lowest BCUT2D eigenvalue weighted by Gasteiger charge is -2.11. The summed E-state index contributed by atoms with van der Waals surface area (Å²) < 4.78 is 0. The highest BCUT2D eigenvalue weighted by atomic mass is 79.9. The molecule has 1 unspecified atom stereocenters. The van der Waals surface area contributed by atoms with Gasteiger partial charge in [0.1, 0.15) is 10.0 Å². The van der Waals surface area contributed by atoms with E-state index in [2.05, 4.69) is 63.4 Å². The van der Waals surface area contributed by atoms with Crippen LogP contribution in [0.25, 0.3) is 0 Å². The average Bonchev–Trinajstić information content (AvgIpc) is 3.10. The molecule has 1 saturated carbocycles. The molecule has 1 aromatic heterocycles. The number of benzene rings is 1. The number of halogens is 1. The van der Waals surface area contributed by atoms with Gasteiger partial charge in [-0.15, -0.1) is 10.2 Å². The molecule has 0 radical (unpaired) electrons. The van der Waals surface area contributed by atoms with Crippen molar-refractivity contribution in [3.05, 3.63) is 45.9 Å². The summed E-state index contributed by atoms with van der Waals surface area (Å²) in [5, 5.41) is 11.1. The van der Waals surface area contributed by atoms with Crippen LogP contribution in [0, 0.1) is 0 Å². The van der Waals surface area contributed by atoms with E-state index in [1.165, 1.54) is 23.4 Å². The summed E-state index contributed by atoms with van der Waals surface area (Å²) in [5.41, 5.74) is 1.55. The van der Waals surface area contributed by atoms with Crippen LogP contribution in [0.1, 0.15) is 46.6 Å². The highest BCUT2D eigenvalue weighted by Crippen LogP contribution is 2.54. The lowest BCUT2D eigenvalue weighted by atomic mass is 9.97. The Morgan fingerprint density at radius 1 is 1.28 bits per heavy atom. The molecular weight excluding hydrogens is 308 g/mol. The van der Waals surface area contributed by atoms with Gasteiger partial charge in [-0.1, -0.05) is 64.5 Å². The molecule has 0 N–H and O–H groups in total. The molecule has 1 fully saturated rings. The molecule has 1 aromatic carbocycles. The number of hydrogen-bond acceptors (Lipinski definition) is 3. The highest BCUT2D eigenvalue weighted by Gasteiger charge is 2.48. The van der Waals surface area contributed by atoms with Crippen molar-refractivity contribution in [2.75, 3.05) is 0 Å². The zero-order valence-electron chi connectivity index (χ0n) is 10.3.